The first kappa shape index (κ1) is 19.5. The molecule has 2 aromatic heterocycles. The van der Waals surface area contributed by atoms with E-state index in [1.165, 1.54) is 18.4 Å². The molecule has 25 heavy (non-hydrogen) atoms. The van der Waals surface area contributed by atoms with Crippen LogP contribution in [0.3, 0.4) is 0 Å². The lowest BCUT2D eigenvalue weighted by molar-refractivity contribution is -0.117. The topological polar surface area (TPSA) is 93.1 Å². The summed E-state index contributed by atoms with van der Waals surface area (Å²) in [6.45, 7) is 8.47. The van der Waals surface area contributed by atoms with Crippen LogP contribution in [0.4, 0.5) is 4.79 Å². The van der Waals surface area contributed by atoms with Gasteiger partial charge in [0.15, 0.2) is 5.16 Å². The van der Waals surface area contributed by atoms with Gasteiger partial charge in [-0.25, -0.2) is 9.78 Å². The minimum absolute atomic E-state index is 0.00675. The third-order valence-electron chi connectivity index (χ3n) is 3.61. The Hall–Kier alpha value is -1.87. The number of fused-ring (bicyclic) bond motifs is 1. The normalized spacial score (nSPS) is 11.1. The Kier molecular flexibility index (Phi) is 6.23. The molecule has 0 unspecified atom stereocenters. The SMILES string of the molecule is CNC(=O)NC(=O)CSc1nc2sc(C)c(C)c2c(=O)n1CC(C)C. The summed E-state index contributed by atoms with van der Waals surface area (Å²) < 4.78 is 1.63. The van der Waals surface area contributed by atoms with E-state index in [4.69, 9.17) is 0 Å². The van der Waals surface area contributed by atoms with Crippen LogP contribution < -0.4 is 16.2 Å². The molecule has 9 heteroatoms. The predicted molar refractivity (Wildman–Crippen MR) is 102 cm³/mol. The summed E-state index contributed by atoms with van der Waals surface area (Å²) >= 11 is 2.64. The Balaban J connectivity index is 2.38. The Morgan fingerprint density at radius 2 is 2.00 bits per heavy atom. The van der Waals surface area contributed by atoms with Crippen LogP contribution in [0, 0.1) is 19.8 Å². The molecule has 0 aliphatic rings. The van der Waals surface area contributed by atoms with Gasteiger partial charge in [-0.15, -0.1) is 11.3 Å². The van der Waals surface area contributed by atoms with Gasteiger partial charge in [0.1, 0.15) is 4.83 Å². The molecule has 2 aromatic rings. The van der Waals surface area contributed by atoms with Crippen LogP contribution in [-0.2, 0) is 11.3 Å². The Morgan fingerprint density at radius 3 is 2.60 bits per heavy atom. The molecule has 7 nitrogen and oxygen atoms in total. The molecule has 0 radical (unpaired) electrons. The fourth-order valence-corrected chi connectivity index (χ4v) is 4.18. The highest BCUT2D eigenvalue weighted by Crippen LogP contribution is 2.28. The number of imide groups is 1. The van der Waals surface area contributed by atoms with Gasteiger partial charge in [-0.05, 0) is 25.3 Å². The third kappa shape index (κ3) is 4.40. The molecule has 0 aliphatic carbocycles. The third-order valence-corrected chi connectivity index (χ3v) is 5.69. The van der Waals surface area contributed by atoms with E-state index < -0.39 is 11.9 Å². The smallest absolute Gasteiger partial charge is 0.321 e. The minimum Gasteiger partial charge on any atom is -0.341 e. The van der Waals surface area contributed by atoms with Gasteiger partial charge in [-0.3, -0.25) is 19.5 Å². The molecular weight excluding hydrogens is 360 g/mol. The van der Waals surface area contributed by atoms with Gasteiger partial charge in [0.25, 0.3) is 5.56 Å². The van der Waals surface area contributed by atoms with E-state index in [-0.39, 0.29) is 17.2 Å². The average molecular weight is 383 g/mol. The molecular formula is C16H22N4O3S2. The van der Waals surface area contributed by atoms with Gasteiger partial charge in [0.05, 0.1) is 11.1 Å². The van der Waals surface area contributed by atoms with E-state index in [1.807, 2.05) is 27.7 Å². The number of carbonyl (C=O) groups is 2. The van der Waals surface area contributed by atoms with E-state index >= 15 is 0 Å². The summed E-state index contributed by atoms with van der Waals surface area (Å²) in [5, 5.41) is 5.68. The number of rotatable bonds is 5. The number of amides is 3. The fraction of sp³-hybridized carbons (Fsp3) is 0.500. The number of aryl methyl sites for hydroxylation is 2. The first-order valence-electron chi connectivity index (χ1n) is 7.89. The van der Waals surface area contributed by atoms with E-state index in [1.54, 1.807) is 4.57 Å². The maximum atomic E-state index is 12.9. The summed E-state index contributed by atoms with van der Waals surface area (Å²) in [7, 11) is 1.44. The number of hydrogen-bond donors (Lipinski definition) is 2. The van der Waals surface area contributed by atoms with Crippen molar-refractivity contribution in [2.24, 2.45) is 5.92 Å². The van der Waals surface area contributed by atoms with Crippen LogP contribution in [0.2, 0.25) is 0 Å². The van der Waals surface area contributed by atoms with Crippen LogP contribution >= 0.6 is 23.1 Å². The van der Waals surface area contributed by atoms with Crippen molar-refractivity contribution < 1.29 is 9.59 Å². The number of aromatic nitrogens is 2. The van der Waals surface area contributed by atoms with Gasteiger partial charge in [0.2, 0.25) is 5.91 Å². The van der Waals surface area contributed by atoms with Gasteiger partial charge in [-0.1, -0.05) is 25.6 Å². The summed E-state index contributed by atoms with van der Waals surface area (Å²) in [6.07, 6.45) is 0. The molecule has 0 saturated heterocycles. The zero-order chi connectivity index (χ0) is 18.7. The van der Waals surface area contributed by atoms with Gasteiger partial charge in [-0.2, -0.15) is 0 Å². The highest BCUT2D eigenvalue weighted by Gasteiger charge is 2.18. The second-order valence-electron chi connectivity index (χ2n) is 6.08. The fourth-order valence-electron chi connectivity index (χ4n) is 2.30. The number of nitrogens with one attached hydrogen (secondary N) is 2. The Bertz CT molecular complexity index is 870. The molecule has 2 heterocycles. The quantitative estimate of drug-likeness (QED) is 0.611. The van der Waals surface area contributed by atoms with Gasteiger partial charge >= 0.3 is 6.03 Å². The lowest BCUT2D eigenvalue weighted by Crippen LogP contribution is -2.38. The number of thioether (sulfide) groups is 1. The summed E-state index contributed by atoms with van der Waals surface area (Å²) in [6, 6.07) is -0.557. The largest absolute Gasteiger partial charge is 0.341 e. The van der Waals surface area contributed by atoms with Gasteiger partial charge < -0.3 is 5.32 Å². The lowest BCUT2D eigenvalue weighted by Gasteiger charge is -2.14. The maximum absolute atomic E-state index is 12.9. The van der Waals surface area contributed by atoms with Crippen molar-refractivity contribution in [2.75, 3.05) is 12.8 Å². The van der Waals surface area contributed by atoms with Crippen LogP contribution in [-0.4, -0.2) is 34.3 Å². The number of urea groups is 1. The second-order valence-corrected chi connectivity index (χ2v) is 8.23. The number of thiophene rings is 1. The molecule has 0 aliphatic heterocycles. The molecule has 0 spiro atoms. The summed E-state index contributed by atoms with van der Waals surface area (Å²) in [4.78, 5) is 42.3. The van der Waals surface area contributed by atoms with Crippen LogP contribution in [0.25, 0.3) is 10.2 Å². The van der Waals surface area contributed by atoms with Crippen LogP contribution in [0.1, 0.15) is 24.3 Å². The Labute approximate surface area is 154 Å². The molecule has 2 N–H and O–H groups in total. The summed E-state index contributed by atoms with van der Waals surface area (Å²) in [5.41, 5.74) is 0.888. The van der Waals surface area contributed by atoms with E-state index in [2.05, 4.69) is 15.6 Å². The van der Waals surface area contributed by atoms with E-state index in [0.29, 0.717) is 21.9 Å². The zero-order valence-corrected chi connectivity index (χ0v) is 16.6. The van der Waals surface area contributed by atoms with Crippen molar-refractivity contribution in [3.63, 3.8) is 0 Å². The van der Waals surface area contributed by atoms with Crippen molar-refractivity contribution in [1.29, 1.82) is 0 Å². The second kappa shape index (κ2) is 8.01. The summed E-state index contributed by atoms with van der Waals surface area (Å²) in [5.74, 6) is -0.170. The first-order chi connectivity index (χ1) is 11.7. The van der Waals surface area contributed by atoms with Crippen molar-refractivity contribution in [3.8, 4) is 0 Å². The molecule has 0 aromatic carbocycles. The predicted octanol–water partition coefficient (Wildman–Crippen LogP) is 2.28. The number of hydrogen-bond acceptors (Lipinski definition) is 6. The maximum Gasteiger partial charge on any atom is 0.321 e. The monoisotopic (exact) mass is 382 g/mol. The highest BCUT2D eigenvalue weighted by atomic mass is 32.2. The molecule has 0 fully saturated rings. The zero-order valence-electron chi connectivity index (χ0n) is 14.9. The van der Waals surface area contributed by atoms with Gasteiger partial charge in [0, 0.05) is 18.5 Å². The molecule has 0 saturated carbocycles. The molecule has 0 bridgehead atoms. The van der Waals surface area contributed by atoms with Crippen LogP contribution in [0.5, 0.6) is 0 Å². The van der Waals surface area contributed by atoms with Crippen molar-refractivity contribution >= 4 is 45.3 Å². The molecule has 0 atom stereocenters. The average Bonchev–Trinajstić information content (AvgIpc) is 2.82. The number of nitrogens with zero attached hydrogens (tertiary/aromatic N) is 2. The lowest BCUT2D eigenvalue weighted by atomic mass is 10.2. The van der Waals surface area contributed by atoms with Crippen molar-refractivity contribution in [2.45, 2.75) is 39.4 Å². The molecule has 3 amide bonds. The van der Waals surface area contributed by atoms with E-state index in [0.717, 1.165) is 22.2 Å². The van der Waals surface area contributed by atoms with E-state index in [9.17, 15) is 14.4 Å². The first-order valence-corrected chi connectivity index (χ1v) is 9.69. The van der Waals surface area contributed by atoms with Crippen LogP contribution in [0.15, 0.2) is 9.95 Å². The molecule has 136 valence electrons. The Morgan fingerprint density at radius 1 is 1.32 bits per heavy atom. The van der Waals surface area contributed by atoms with Crippen molar-refractivity contribution in [1.82, 2.24) is 20.2 Å². The minimum atomic E-state index is -0.557. The number of carbonyl (C=O) groups excluding carboxylic acids is 2. The highest BCUT2D eigenvalue weighted by molar-refractivity contribution is 7.99. The van der Waals surface area contributed by atoms with Crippen molar-refractivity contribution in [3.05, 3.63) is 20.8 Å². The molecule has 2 rings (SSSR count). The standard InChI is InChI=1S/C16H22N4O3S2/c1-8(2)6-20-14(22)12-9(3)10(4)25-13(12)19-16(20)24-7-11(21)18-15(23)17-5/h8H,6-7H2,1-5H3,(H2,17,18,21,23).